The second kappa shape index (κ2) is 4.31. The van der Waals surface area contributed by atoms with Crippen molar-refractivity contribution in [1.82, 2.24) is 4.90 Å². The first-order valence-corrected chi connectivity index (χ1v) is 6.47. The Kier molecular flexibility index (Phi) is 2.81. The maximum absolute atomic E-state index is 6.03. The lowest BCUT2D eigenvalue weighted by Gasteiger charge is -2.28. The molecule has 0 spiro atoms. The molecule has 0 bridgehead atoms. The summed E-state index contributed by atoms with van der Waals surface area (Å²) in [6.45, 7) is 5.19. The third-order valence-corrected chi connectivity index (χ3v) is 4.12. The molecule has 92 valence electrons. The van der Waals surface area contributed by atoms with Crippen molar-refractivity contribution in [3.8, 4) is 0 Å². The van der Waals surface area contributed by atoms with E-state index in [2.05, 4.69) is 24.0 Å². The zero-order valence-electron chi connectivity index (χ0n) is 10.4. The number of nitrogens with two attached hydrogens (primary N) is 1. The molecule has 3 nitrogen and oxygen atoms in total. The molecule has 0 aromatic heterocycles. The molecule has 0 amide bonds. The molecule has 2 heterocycles. The summed E-state index contributed by atoms with van der Waals surface area (Å²) in [5.41, 5.74) is 9.67. The number of fused-ring (bicyclic) bond motifs is 1. The summed E-state index contributed by atoms with van der Waals surface area (Å²) in [4.78, 5) is 2.48. The van der Waals surface area contributed by atoms with Gasteiger partial charge in [-0.3, -0.25) is 4.90 Å². The monoisotopic (exact) mass is 232 g/mol. The van der Waals surface area contributed by atoms with Crippen LogP contribution in [0.15, 0.2) is 18.2 Å². The van der Waals surface area contributed by atoms with Crippen molar-refractivity contribution < 1.29 is 4.74 Å². The first kappa shape index (κ1) is 11.1. The van der Waals surface area contributed by atoms with E-state index in [1.54, 1.807) is 0 Å². The molecule has 2 aliphatic heterocycles. The zero-order valence-corrected chi connectivity index (χ0v) is 10.4. The molecule has 0 radical (unpaired) electrons. The van der Waals surface area contributed by atoms with Gasteiger partial charge in [-0.05, 0) is 37.0 Å². The van der Waals surface area contributed by atoms with E-state index in [4.69, 9.17) is 10.5 Å². The van der Waals surface area contributed by atoms with Crippen molar-refractivity contribution in [1.29, 1.82) is 0 Å². The molecule has 2 atom stereocenters. The van der Waals surface area contributed by atoms with Crippen molar-refractivity contribution >= 4 is 5.69 Å². The van der Waals surface area contributed by atoms with Gasteiger partial charge in [0.2, 0.25) is 0 Å². The Labute approximate surface area is 103 Å². The van der Waals surface area contributed by atoms with Crippen LogP contribution in [0.1, 0.15) is 30.9 Å². The van der Waals surface area contributed by atoms with Gasteiger partial charge in [0.05, 0.1) is 6.10 Å². The minimum atomic E-state index is 0.408. The Morgan fingerprint density at radius 3 is 3.00 bits per heavy atom. The van der Waals surface area contributed by atoms with Crippen LogP contribution in [-0.4, -0.2) is 23.7 Å². The number of nitrogens with zero attached hydrogens (tertiary/aromatic N) is 1. The highest BCUT2D eigenvalue weighted by atomic mass is 16.5. The van der Waals surface area contributed by atoms with Crippen molar-refractivity contribution in [2.75, 3.05) is 12.3 Å². The lowest BCUT2D eigenvalue weighted by atomic mass is 10.1. The lowest BCUT2D eigenvalue weighted by molar-refractivity contribution is 0.0297. The molecular formula is C14H20N2O. The Balaban J connectivity index is 1.75. The SMILES string of the molecule is CC(C1CCCO1)N1Cc2cccc(N)c2C1. The second-order valence-corrected chi connectivity index (χ2v) is 5.18. The Bertz CT molecular complexity index is 413. The number of hydrogen-bond donors (Lipinski definition) is 1. The fourth-order valence-electron chi connectivity index (χ4n) is 2.98. The summed E-state index contributed by atoms with van der Waals surface area (Å²) in [6, 6.07) is 6.73. The van der Waals surface area contributed by atoms with E-state index in [1.807, 2.05) is 6.07 Å². The van der Waals surface area contributed by atoms with E-state index < -0.39 is 0 Å². The fourth-order valence-corrected chi connectivity index (χ4v) is 2.98. The van der Waals surface area contributed by atoms with Gasteiger partial charge >= 0.3 is 0 Å². The average Bonchev–Trinajstić information content (AvgIpc) is 2.98. The molecule has 0 saturated carbocycles. The summed E-state index contributed by atoms with van der Waals surface area (Å²) in [6.07, 6.45) is 2.81. The third-order valence-electron chi connectivity index (χ3n) is 4.12. The first-order chi connectivity index (χ1) is 8.25. The summed E-state index contributed by atoms with van der Waals surface area (Å²) in [7, 11) is 0. The van der Waals surface area contributed by atoms with Crippen LogP contribution in [0.4, 0.5) is 5.69 Å². The van der Waals surface area contributed by atoms with Crippen LogP contribution >= 0.6 is 0 Å². The third kappa shape index (κ3) is 1.94. The van der Waals surface area contributed by atoms with Crippen LogP contribution < -0.4 is 5.73 Å². The number of nitrogen functional groups attached to an aromatic ring is 1. The van der Waals surface area contributed by atoms with Crippen molar-refractivity contribution in [2.45, 2.75) is 45.0 Å². The highest BCUT2D eigenvalue weighted by Gasteiger charge is 2.31. The van der Waals surface area contributed by atoms with Gasteiger partial charge in [-0.25, -0.2) is 0 Å². The smallest absolute Gasteiger partial charge is 0.0728 e. The highest BCUT2D eigenvalue weighted by molar-refractivity contribution is 5.52. The standard InChI is InChI=1S/C14H20N2O/c1-10(14-6-3-7-17-14)16-8-11-4-2-5-13(15)12(11)9-16/h2,4-5,10,14H,3,6-9,15H2,1H3. The van der Waals surface area contributed by atoms with Crippen LogP contribution in [0.5, 0.6) is 0 Å². The normalized spacial score (nSPS) is 26.1. The minimum absolute atomic E-state index is 0.408. The molecule has 1 aromatic carbocycles. The number of anilines is 1. The van der Waals surface area contributed by atoms with E-state index in [1.165, 1.54) is 24.0 Å². The highest BCUT2D eigenvalue weighted by Crippen LogP contribution is 2.31. The van der Waals surface area contributed by atoms with Crippen molar-refractivity contribution in [2.24, 2.45) is 0 Å². The molecule has 1 fully saturated rings. The summed E-state index contributed by atoms with van der Waals surface area (Å²) in [5, 5.41) is 0. The van der Waals surface area contributed by atoms with Crippen LogP contribution in [0.25, 0.3) is 0 Å². The fraction of sp³-hybridized carbons (Fsp3) is 0.571. The summed E-state index contributed by atoms with van der Waals surface area (Å²) in [5.74, 6) is 0. The van der Waals surface area contributed by atoms with E-state index in [9.17, 15) is 0 Å². The van der Waals surface area contributed by atoms with Gasteiger partial charge in [0.25, 0.3) is 0 Å². The van der Waals surface area contributed by atoms with Gasteiger partial charge in [0.15, 0.2) is 0 Å². The van der Waals surface area contributed by atoms with Crippen LogP contribution in [-0.2, 0) is 17.8 Å². The van der Waals surface area contributed by atoms with Crippen molar-refractivity contribution in [3.05, 3.63) is 29.3 Å². The molecule has 2 unspecified atom stereocenters. The molecule has 2 aliphatic rings. The Morgan fingerprint density at radius 2 is 2.29 bits per heavy atom. The molecule has 3 heteroatoms. The number of benzene rings is 1. The molecule has 1 saturated heterocycles. The zero-order chi connectivity index (χ0) is 11.8. The van der Waals surface area contributed by atoms with E-state index in [-0.39, 0.29) is 0 Å². The topological polar surface area (TPSA) is 38.5 Å². The summed E-state index contributed by atoms with van der Waals surface area (Å²) < 4.78 is 5.78. The molecule has 2 N–H and O–H groups in total. The molecule has 3 rings (SSSR count). The van der Waals surface area contributed by atoms with Gasteiger partial charge in [-0.1, -0.05) is 12.1 Å². The number of hydrogen-bond acceptors (Lipinski definition) is 3. The predicted molar refractivity (Wildman–Crippen MR) is 68.5 cm³/mol. The van der Waals surface area contributed by atoms with E-state index in [0.29, 0.717) is 12.1 Å². The maximum atomic E-state index is 6.03. The van der Waals surface area contributed by atoms with Gasteiger partial charge in [-0.15, -0.1) is 0 Å². The second-order valence-electron chi connectivity index (χ2n) is 5.18. The van der Waals surface area contributed by atoms with Gasteiger partial charge in [0, 0.05) is 31.4 Å². The lowest BCUT2D eigenvalue weighted by Crippen LogP contribution is -2.37. The minimum Gasteiger partial charge on any atom is -0.398 e. The maximum Gasteiger partial charge on any atom is 0.0728 e. The van der Waals surface area contributed by atoms with Gasteiger partial charge in [-0.2, -0.15) is 0 Å². The predicted octanol–water partition coefficient (Wildman–Crippen LogP) is 2.15. The van der Waals surface area contributed by atoms with Gasteiger partial charge < -0.3 is 10.5 Å². The average molecular weight is 232 g/mol. The Morgan fingerprint density at radius 1 is 1.41 bits per heavy atom. The molecule has 1 aromatic rings. The Hall–Kier alpha value is -1.06. The molecular weight excluding hydrogens is 212 g/mol. The van der Waals surface area contributed by atoms with Crippen LogP contribution in [0, 0.1) is 0 Å². The van der Waals surface area contributed by atoms with E-state index >= 15 is 0 Å². The largest absolute Gasteiger partial charge is 0.398 e. The van der Waals surface area contributed by atoms with E-state index in [0.717, 1.165) is 25.4 Å². The molecule has 0 aliphatic carbocycles. The molecule has 17 heavy (non-hydrogen) atoms. The van der Waals surface area contributed by atoms with Crippen molar-refractivity contribution in [3.63, 3.8) is 0 Å². The summed E-state index contributed by atoms with van der Waals surface area (Å²) >= 11 is 0. The van der Waals surface area contributed by atoms with Crippen LogP contribution in [0.2, 0.25) is 0 Å². The quantitative estimate of drug-likeness (QED) is 0.794. The van der Waals surface area contributed by atoms with Gasteiger partial charge in [0.1, 0.15) is 0 Å². The number of rotatable bonds is 2. The van der Waals surface area contributed by atoms with Crippen LogP contribution in [0.3, 0.4) is 0 Å². The first-order valence-electron chi connectivity index (χ1n) is 6.47. The number of ether oxygens (including phenoxy) is 1.